The Kier molecular flexibility index (Phi) is 4.15. The van der Waals surface area contributed by atoms with E-state index in [1.807, 2.05) is 17.9 Å². The minimum absolute atomic E-state index is 0.392. The van der Waals surface area contributed by atoms with E-state index in [1.165, 1.54) is 16.7 Å². The Balaban J connectivity index is 1.85. The predicted octanol–water partition coefficient (Wildman–Crippen LogP) is 2.62. The van der Waals surface area contributed by atoms with Gasteiger partial charge in [0.25, 0.3) is 0 Å². The minimum atomic E-state index is 0.392. The van der Waals surface area contributed by atoms with Crippen molar-refractivity contribution in [1.82, 2.24) is 15.1 Å². The first-order chi connectivity index (χ1) is 8.66. The van der Waals surface area contributed by atoms with Crippen LogP contribution in [0.25, 0.3) is 0 Å². The molecular formula is C15H21N3. The molecule has 0 spiro atoms. The van der Waals surface area contributed by atoms with Crippen molar-refractivity contribution in [1.29, 1.82) is 0 Å². The summed E-state index contributed by atoms with van der Waals surface area (Å²) in [6.45, 7) is 5.35. The molecule has 1 aromatic carbocycles. The SMILES string of the molecule is Cc1ccccc1[C@H](C)NCCc1cnn(C)c1. The molecule has 0 saturated carbocycles. The summed E-state index contributed by atoms with van der Waals surface area (Å²) in [7, 11) is 1.95. The second-order valence-corrected chi connectivity index (χ2v) is 4.80. The molecule has 1 aromatic heterocycles. The van der Waals surface area contributed by atoms with E-state index in [9.17, 15) is 0 Å². The summed E-state index contributed by atoms with van der Waals surface area (Å²) in [5.41, 5.74) is 4.00. The zero-order valence-electron chi connectivity index (χ0n) is 11.4. The van der Waals surface area contributed by atoms with Crippen LogP contribution in [0.5, 0.6) is 0 Å². The van der Waals surface area contributed by atoms with Crippen molar-refractivity contribution in [3.63, 3.8) is 0 Å². The highest BCUT2D eigenvalue weighted by Crippen LogP contribution is 2.16. The van der Waals surface area contributed by atoms with Crippen molar-refractivity contribution in [2.75, 3.05) is 6.54 Å². The third kappa shape index (κ3) is 3.20. The van der Waals surface area contributed by atoms with Crippen LogP contribution in [0.15, 0.2) is 36.7 Å². The molecule has 2 aromatic rings. The first-order valence-electron chi connectivity index (χ1n) is 6.43. The standard InChI is InChI=1S/C15H21N3/c1-12-6-4-5-7-15(12)13(2)16-9-8-14-10-17-18(3)11-14/h4-7,10-11,13,16H,8-9H2,1-3H3/t13-/m0/s1. The van der Waals surface area contributed by atoms with Gasteiger partial charge in [0.2, 0.25) is 0 Å². The van der Waals surface area contributed by atoms with E-state index in [4.69, 9.17) is 0 Å². The molecule has 2 rings (SSSR count). The number of hydrogen-bond donors (Lipinski definition) is 1. The number of rotatable bonds is 5. The van der Waals surface area contributed by atoms with Gasteiger partial charge in [-0.05, 0) is 43.5 Å². The van der Waals surface area contributed by atoms with Crippen LogP contribution < -0.4 is 5.32 Å². The van der Waals surface area contributed by atoms with Gasteiger partial charge in [-0.3, -0.25) is 4.68 Å². The van der Waals surface area contributed by atoms with Crippen molar-refractivity contribution in [3.05, 3.63) is 53.3 Å². The molecule has 0 radical (unpaired) electrons. The molecule has 3 nitrogen and oxygen atoms in total. The molecule has 0 aliphatic rings. The fraction of sp³-hybridized carbons (Fsp3) is 0.400. The Morgan fingerprint density at radius 2 is 2.11 bits per heavy atom. The van der Waals surface area contributed by atoms with Gasteiger partial charge in [0, 0.05) is 19.3 Å². The van der Waals surface area contributed by atoms with Gasteiger partial charge in [0.05, 0.1) is 6.20 Å². The molecule has 1 heterocycles. The molecule has 3 heteroatoms. The van der Waals surface area contributed by atoms with E-state index in [1.54, 1.807) is 0 Å². The van der Waals surface area contributed by atoms with Gasteiger partial charge >= 0.3 is 0 Å². The van der Waals surface area contributed by atoms with E-state index in [-0.39, 0.29) is 0 Å². The van der Waals surface area contributed by atoms with Crippen molar-refractivity contribution in [3.8, 4) is 0 Å². The Morgan fingerprint density at radius 3 is 2.78 bits per heavy atom. The smallest absolute Gasteiger partial charge is 0.0522 e. The number of nitrogens with one attached hydrogen (secondary N) is 1. The molecule has 1 N–H and O–H groups in total. The third-order valence-corrected chi connectivity index (χ3v) is 3.28. The molecule has 0 bridgehead atoms. The summed E-state index contributed by atoms with van der Waals surface area (Å²) in [4.78, 5) is 0. The van der Waals surface area contributed by atoms with Gasteiger partial charge in [0.1, 0.15) is 0 Å². The molecule has 0 aliphatic heterocycles. The van der Waals surface area contributed by atoms with Crippen LogP contribution in [0.4, 0.5) is 0 Å². The minimum Gasteiger partial charge on any atom is -0.310 e. The molecule has 18 heavy (non-hydrogen) atoms. The van der Waals surface area contributed by atoms with Crippen LogP contribution in [0, 0.1) is 6.92 Å². The molecule has 96 valence electrons. The predicted molar refractivity (Wildman–Crippen MR) is 74.5 cm³/mol. The van der Waals surface area contributed by atoms with Crippen molar-refractivity contribution >= 4 is 0 Å². The Hall–Kier alpha value is -1.61. The average molecular weight is 243 g/mol. The summed E-state index contributed by atoms with van der Waals surface area (Å²) < 4.78 is 1.85. The number of nitrogens with zero attached hydrogens (tertiary/aromatic N) is 2. The van der Waals surface area contributed by atoms with E-state index in [2.05, 4.69) is 54.7 Å². The largest absolute Gasteiger partial charge is 0.310 e. The van der Waals surface area contributed by atoms with Crippen LogP contribution in [0.3, 0.4) is 0 Å². The van der Waals surface area contributed by atoms with E-state index >= 15 is 0 Å². The van der Waals surface area contributed by atoms with E-state index < -0.39 is 0 Å². The normalized spacial score (nSPS) is 12.6. The average Bonchev–Trinajstić information content (AvgIpc) is 2.75. The van der Waals surface area contributed by atoms with Crippen LogP contribution in [0.1, 0.15) is 29.7 Å². The zero-order valence-corrected chi connectivity index (χ0v) is 11.4. The quantitative estimate of drug-likeness (QED) is 0.875. The van der Waals surface area contributed by atoms with Crippen LogP contribution in [-0.2, 0) is 13.5 Å². The molecular weight excluding hydrogens is 222 g/mol. The van der Waals surface area contributed by atoms with Gasteiger partial charge < -0.3 is 5.32 Å². The fourth-order valence-electron chi connectivity index (χ4n) is 2.22. The number of hydrogen-bond acceptors (Lipinski definition) is 2. The Labute approximate surface area is 109 Å². The van der Waals surface area contributed by atoms with Crippen LogP contribution in [0.2, 0.25) is 0 Å². The summed E-state index contributed by atoms with van der Waals surface area (Å²) in [6, 6.07) is 8.93. The number of aryl methyl sites for hydroxylation is 2. The Bertz CT molecular complexity index is 502. The lowest BCUT2D eigenvalue weighted by atomic mass is 10.0. The zero-order chi connectivity index (χ0) is 13.0. The number of benzene rings is 1. The highest BCUT2D eigenvalue weighted by molar-refractivity contribution is 5.28. The fourth-order valence-corrected chi connectivity index (χ4v) is 2.22. The Morgan fingerprint density at radius 1 is 1.33 bits per heavy atom. The maximum absolute atomic E-state index is 4.18. The lowest BCUT2D eigenvalue weighted by Gasteiger charge is -2.16. The topological polar surface area (TPSA) is 29.9 Å². The second kappa shape index (κ2) is 5.83. The molecule has 0 fully saturated rings. The number of aromatic nitrogens is 2. The van der Waals surface area contributed by atoms with Gasteiger partial charge in [0.15, 0.2) is 0 Å². The van der Waals surface area contributed by atoms with Gasteiger partial charge in [-0.25, -0.2) is 0 Å². The van der Waals surface area contributed by atoms with E-state index in [0.29, 0.717) is 6.04 Å². The molecule has 0 unspecified atom stereocenters. The van der Waals surface area contributed by atoms with Gasteiger partial charge in [-0.15, -0.1) is 0 Å². The third-order valence-electron chi connectivity index (χ3n) is 3.28. The second-order valence-electron chi connectivity index (χ2n) is 4.80. The van der Waals surface area contributed by atoms with Crippen LogP contribution in [-0.4, -0.2) is 16.3 Å². The summed E-state index contributed by atoms with van der Waals surface area (Å²) >= 11 is 0. The van der Waals surface area contributed by atoms with Crippen LogP contribution >= 0.6 is 0 Å². The summed E-state index contributed by atoms with van der Waals surface area (Å²) in [5, 5.41) is 7.74. The highest BCUT2D eigenvalue weighted by Gasteiger charge is 2.06. The van der Waals surface area contributed by atoms with Crippen molar-refractivity contribution in [2.24, 2.45) is 7.05 Å². The van der Waals surface area contributed by atoms with Crippen molar-refractivity contribution in [2.45, 2.75) is 26.3 Å². The summed E-state index contributed by atoms with van der Waals surface area (Å²) in [5.74, 6) is 0. The molecule has 1 atom stereocenters. The molecule has 0 saturated heterocycles. The van der Waals surface area contributed by atoms with Gasteiger partial charge in [-0.1, -0.05) is 24.3 Å². The summed E-state index contributed by atoms with van der Waals surface area (Å²) in [6.07, 6.45) is 5.02. The molecule has 0 aliphatic carbocycles. The lowest BCUT2D eigenvalue weighted by molar-refractivity contribution is 0.574. The first kappa shape index (κ1) is 12.8. The maximum atomic E-state index is 4.18. The lowest BCUT2D eigenvalue weighted by Crippen LogP contribution is -2.21. The maximum Gasteiger partial charge on any atom is 0.0522 e. The highest BCUT2D eigenvalue weighted by atomic mass is 15.2. The first-order valence-corrected chi connectivity index (χ1v) is 6.43. The van der Waals surface area contributed by atoms with Crippen molar-refractivity contribution < 1.29 is 0 Å². The van der Waals surface area contributed by atoms with E-state index in [0.717, 1.165) is 13.0 Å². The molecule has 0 amide bonds. The monoisotopic (exact) mass is 243 g/mol. The van der Waals surface area contributed by atoms with Gasteiger partial charge in [-0.2, -0.15) is 5.10 Å².